The fraction of sp³-hybridized carbons (Fsp3) is 0.429. The maximum atomic E-state index is 12.6. The molecule has 138 valence electrons. The molecule has 0 atom stereocenters. The topological polar surface area (TPSA) is 48.5 Å². The third-order valence-electron chi connectivity index (χ3n) is 4.95. The van der Waals surface area contributed by atoms with Crippen molar-refractivity contribution in [3.63, 3.8) is 0 Å². The summed E-state index contributed by atoms with van der Waals surface area (Å²) in [5, 5.41) is 3.42. The van der Waals surface area contributed by atoms with Crippen LogP contribution in [0.25, 0.3) is 0 Å². The molecule has 1 saturated heterocycles. The monoisotopic (exact) mass is 352 g/mol. The third-order valence-corrected chi connectivity index (χ3v) is 4.95. The predicted octanol–water partition coefficient (Wildman–Crippen LogP) is 3.73. The Labute approximate surface area is 156 Å². The summed E-state index contributed by atoms with van der Waals surface area (Å²) in [6.45, 7) is 11.0. The van der Waals surface area contributed by atoms with Gasteiger partial charge in [-0.25, -0.2) is 4.98 Å². The van der Waals surface area contributed by atoms with Gasteiger partial charge in [0.15, 0.2) is 0 Å². The van der Waals surface area contributed by atoms with Crippen molar-refractivity contribution in [2.45, 2.75) is 26.7 Å². The standard InChI is InChI=1S/C21H28N4O/c1-4-24-11-13-25(14-12-24)21(26)20-10-9-17(15-22-20)23-19-8-6-5-7-18(19)16(2)3/h5-10,15-16,23H,4,11-14H2,1-3H3. The summed E-state index contributed by atoms with van der Waals surface area (Å²) in [4.78, 5) is 21.3. The quantitative estimate of drug-likeness (QED) is 0.891. The van der Waals surface area contributed by atoms with Crippen molar-refractivity contribution in [2.24, 2.45) is 0 Å². The van der Waals surface area contributed by atoms with Crippen LogP contribution in [0.15, 0.2) is 42.6 Å². The highest BCUT2D eigenvalue weighted by atomic mass is 16.2. The number of benzene rings is 1. The zero-order chi connectivity index (χ0) is 18.5. The fourth-order valence-corrected chi connectivity index (χ4v) is 3.29. The van der Waals surface area contributed by atoms with Crippen molar-refractivity contribution in [3.05, 3.63) is 53.9 Å². The molecule has 1 aliphatic rings. The number of likely N-dealkylation sites (N-methyl/N-ethyl adjacent to an activating group) is 1. The zero-order valence-corrected chi connectivity index (χ0v) is 15.9. The Morgan fingerprint density at radius 3 is 2.46 bits per heavy atom. The van der Waals surface area contributed by atoms with Gasteiger partial charge in [0, 0.05) is 31.9 Å². The number of amides is 1. The van der Waals surface area contributed by atoms with E-state index < -0.39 is 0 Å². The van der Waals surface area contributed by atoms with Crippen LogP contribution >= 0.6 is 0 Å². The van der Waals surface area contributed by atoms with E-state index in [1.54, 1.807) is 6.20 Å². The van der Waals surface area contributed by atoms with E-state index in [1.807, 2.05) is 23.1 Å². The highest BCUT2D eigenvalue weighted by Gasteiger charge is 2.22. The van der Waals surface area contributed by atoms with Crippen LogP contribution in [0.1, 0.15) is 42.7 Å². The summed E-state index contributed by atoms with van der Waals surface area (Å²) >= 11 is 0. The molecule has 1 amide bonds. The van der Waals surface area contributed by atoms with Crippen LogP contribution in [0, 0.1) is 0 Å². The van der Waals surface area contributed by atoms with Gasteiger partial charge in [0.2, 0.25) is 0 Å². The molecule has 0 aliphatic carbocycles. The van der Waals surface area contributed by atoms with Crippen molar-refractivity contribution >= 4 is 17.3 Å². The third kappa shape index (κ3) is 4.22. The minimum Gasteiger partial charge on any atom is -0.354 e. The Morgan fingerprint density at radius 2 is 1.85 bits per heavy atom. The summed E-state index contributed by atoms with van der Waals surface area (Å²) in [5.74, 6) is 0.462. The van der Waals surface area contributed by atoms with Gasteiger partial charge in [0.05, 0.1) is 11.9 Å². The Balaban J connectivity index is 1.66. The summed E-state index contributed by atoms with van der Waals surface area (Å²) in [5.41, 5.74) is 3.75. The lowest BCUT2D eigenvalue weighted by Gasteiger charge is -2.33. The number of hydrogen-bond acceptors (Lipinski definition) is 4. The van der Waals surface area contributed by atoms with E-state index in [2.05, 4.69) is 54.2 Å². The lowest BCUT2D eigenvalue weighted by Crippen LogP contribution is -2.48. The molecule has 5 nitrogen and oxygen atoms in total. The van der Waals surface area contributed by atoms with Crippen molar-refractivity contribution in [3.8, 4) is 0 Å². The van der Waals surface area contributed by atoms with Crippen LogP contribution < -0.4 is 5.32 Å². The SMILES string of the molecule is CCN1CCN(C(=O)c2ccc(Nc3ccccc3C(C)C)cn2)CC1. The summed E-state index contributed by atoms with van der Waals surface area (Å²) < 4.78 is 0. The zero-order valence-electron chi connectivity index (χ0n) is 15.9. The van der Waals surface area contributed by atoms with E-state index in [0.29, 0.717) is 11.6 Å². The second-order valence-corrected chi connectivity index (χ2v) is 7.03. The number of pyridine rings is 1. The summed E-state index contributed by atoms with van der Waals surface area (Å²) in [6, 6.07) is 12.0. The first-order valence-electron chi connectivity index (χ1n) is 9.42. The lowest BCUT2D eigenvalue weighted by molar-refractivity contribution is 0.0637. The van der Waals surface area contributed by atoms with Crippen LogP contribution in [0.4, 0.5) is 11.4 Å². The second-order valence-electron chi connectivity index (χ2n) is 7.03. The molecule has 2 heterocycles. The van der Waals surface area contributed by atoms with E-state index in [1.165, 1.54) is 5.56 Å². The second kappa shape index (κ2) is 8.32. The molecule has 3 rings (SSSR count). The van der Waals surface area contributed by atoms with E-state index in [0.717, 1.165) is 44.1 Å². The van der Waals surface area contributed by atoms with Gasteiger partial charge >= 0.3 is 0 Å². The predicted molar refractivity (Wildman–Crippen MR) is 106 cm³/mol. The van der Waals surface area contributed by atoms with Crippen LogP contribution in [0.3, 0.4) is 0 Å². The molecular formula is C21H28N4O. The molecule has 5 heteroatoms. The average Bonchev–Trinajstić information content (AvgIpc) is 2.68. The molecule has 0 bridgehead atoms. The first-order valence-corrected chi connectivity index (χ1v) is 9.42. The first kappa shape index (κ1) is 18.4. The number of para-hydroxylation sites is 1. The van der Waals surface area contributed by atoms with Gasteiger partial charge in [0.1, 0.15) is 5.69 Å². The Bertz CT molecular complexity index is 734. The normalized spacial score (nSPS) is 15.3. The van der Waals surface area contributed by atoms with Gasteiger partial charge in [-0.15, -0.1) is 0 Å². The largest absolute Gasteiger partial charge is 0.354 e. The number of nitrogens with one attached hydrogen (secondary N) is 1. The molecule has 1 N–H and O–H groups in total. The van der Waals surface area contributed by atoms with Gasteiger partial charge in [-0.2, -0.15) is 0 Å². The Hall–Kier alpha value is -2.40. The number of aromatic nitrogens is 1. The number of rotatable bonds is 5. The van der Waals surface area contributed by atoms with Crippen LogP contribution in [0.2, 0.25) is 0 Å². The molecule has 1 aromatic heterocycles. The van der Waals surface area contributed by atoms with E-state index >= 15 is 0 Å². The number of carbonyl (C=O) groups excluding carboxylic acids is 1. The molecule has 0 saturated carbocycles. The van der Waals surface area contributed by atoms with Crippen molar-refractivity contribution in [1.82, 2.24) is 14.8 Å². The molecule has 0 radical (unpaired) electrons. The minimum atomic E-state index is 0.0230. The number of hydrogen-bond donors (Lipinski definition) is 1. The molecule has 1 fully saturated rings. The van der Waals surface area contributed by atoms with E-state index in [9.17, 15) is 4.79 Å². The van der Waals surface area contributed by atoms with Gasteiger partial charge < -0.3 is 15.1 Å². The Morgan fingerprint density at radius 1 is 1.12 bits per heavy atom. The minimum absolute atomic E-state index is 0.0230. The Kier molecular flexibility index (Phi) is 5.89. The molecule has 0 spiro atoms. The maximum Gasteiger partial charge on any atom is 0.272 e. The molecular weight excluding hydrogens is 324 g/mol. The summed E-state index contributed by atoms with van der Waals surface area (Å²) in [6.07, 6.45) is 1.74. The molecule has 1 aromatic carbocycles. The van der Waals surface area contributed by atoms with Crippen molar-refractivity contribution < 1.29 is 4.79 Å². The highest BCUT2D eigenvalue weighted by molar-refractivity contribution is 5.92. The van der Waals surface area contributed by atoms with Crippen LogP contribution in [-0.4, -0.2) is 53.4 Å². The maximum absolute atomic E-state index is 12.6. The molecule has 1 aliphatic heterocycles. The van der Waals surface area contributed by atoms with Gasteiger partial charge in [-0.3, -0.25) is 4.79 Å². The van der Waals surface area contributed by atoms with Crippen molar-refractivity contribution in [2.75, 3.05) is 38.0 Å². The first-order chi connectivity index (χ1) is 12.6. The smallest absolute Gasteiger partial charge is 0.272 e. The average molecular weight is 352 g/mol. The van der Waals surface area contributed by atoms with Crippen LogP contribution in [0.5, 0.6) is 0 Å². The number of anilines is 2. The van der Waals surface area contributed by atoms with Crippen molar-refractivity contribution in [1.29, 1.82) is 0 Å². The molecule has 26 heavy (non-hydrogen) atoms. The molecule has 0 unspecified atom stereocenters. The fourth-order valence-electron chi connectivity index (χ4n) is 3.29. The number of carbonyl (C=O) groups is 1. The van der Waals surface area contributed by atoms with E-state index in [-0.39, 0.29) is 5.91 Å². The molecule has 2 aromatic rings. The van der Waals surface area contributed by atoms with Gasteiger partial charge in [0.25, 0.3) is 5.91 Å². The number of nitrogens with zero attached hydrogens (tertiary/aromatic N) is 3. The highest BCUT2D eigenvalue weighted by Crippen LogP contribution is 2.26. The van der Waals surface area contributed by atoms with Gasteiger partial charge in [-0.05, 0) is 36.2 Å². The van der Waals surface area contributed by atoms with E-state index in [4.69, 9.17) is 0 Å². The summed E-state index contributed by atoms with van der Waals surface area (Å²) in [7, 11) is 0. The number of piperazine rings is 1. The van der Waals surface area contributed by atoms with Crippen LogP contribution in [-0.2, 0) is 0 Å². The lowest BCUT2D eigenvalue weighted by atomic mass is 10.0. The van der Waals surface area contributed by atoms with Gasteiger partial charge in [-0.1, -0.05) is 39.0 Å².